The van der Waals surface area contributed by atoms with E-state index in [1.54, 1.807) is 0 Å². The molecule has 1 aliphatic carbocycles. The predicted octanol–water partition coefficient (Wildman–Crippen LogP) is 4.00. The molecule has 0 aliphatic heterocycles. The lowest BCUT2D eigenvalue weighted by Gasteiger charge is -2.42. The molecule has 4 atom stereocenters. The molecule has 4 unspecified atom stereocenters. The standard InChI is InChI=1S/C14H28O/c1-5-11(3)14(4,15)13-9-7-8-12(6-2)10-13/h11-13,15H,5-10H2,1-4H3. The third kappa shape index (κ3) is 2.96. The van der Waals surface area contributed by atoms with E-state index in [0.717, 1.165) is 12.3 Å². The maximum Gasteiger partial charge on any atom is 0.0673 e. The zero-order valence-electron chi connectivity index (χ0n) is 10.9. The minimum atomic E-state index is -0.442. The molecule has 1 nitrogen and oxygen atoms in total. The molecule has 1 N–H and O–H groups in total. The predicted molar refractivity (Wildman–Crippen MR) is 65.8 cm³/mol. The summed E-state index contributed by atoms with van der Waals surface area (Å²) in [6, 6.07) is 0. The summed E-state index contributed by atoms with van der Waals surface area (Å²) in [5.74, 6) is 1.82. The Morgan fingerprint density at radius 3 is 2.53 bits per heavy atom. The van der Waals surface area contributed by atoms with Crippen molar-refractivity contribution >= 4 is 0 Å². The summed E-state index contributed by atoms with van der Waals surface area (Å²) in [7, 11) is 0. The highest BCUT2D eigenvalue weighted by atomic mass is 16.3. The van der Waals surface area contributed by atoms with Gasteiger partial charge in [0.25, 0.3) is 0 Å². The first kappa shape index (κ1) is 13.0. The second kappa shape index (κ2) is 5.34. The molecule has 90 valence electrons. The molecule has 1 aliphatic rings. The fourth-order valence-corrected chi connectivity index (χ4v) is 3.01. The Balaban J connectivity index is 2.61. The summed E-state index contributed by atoms with van der Waals surface area (Å²) in [5.41, 5.74) is -0.442. The summed E-state index contributed by atoms with van der Waals surface area (Å²) >= 11 is 0. The minimum absolute atomic E-state index is 0.429. The molecule has 0 spiro atoms. The molecule has 1 fully saturated rings. The van der Waals surface area contributed by atoms with E-state index in [2.05, 4.69) is 27.7 Å². The zero-order valence-corrected chi connectivity index (χ0v) is 10.9. The average Bonchev–Trinajstić information content (AvgIpc) is 2.27. The molecule has 0 amide bonds. The van der Waals surface area contributed by atoms with Gasteiger partial charge in [0.15, 0.2) is 0 Å². The van der Waals surface area contributed by atoms with Gasteiger partial charge >= 0.3 is 0 Å². The fraction of sp³-hybridized carbons (Fsp3) is 1.00. The topological polar surface area (TPSA) is 20.2 Å². The average molecular weight is 212 g/mol. The van der Waals surface area contributed by atoms with Crippen LogP contribution in [0.3, 0.4) is 0 Å². The van der Waals surface area contributed by atoms with E-state index < -0.39 is 5.60 Å². The third-order valence-corrected chi connectivity index (χ3v) is 4.80. The Labute approximate surface area is 95.3 Å². The summed E-state index contributed by atoms with van der Waals surface area (Å²) in [4.78, 5) is 0. The number of hydrogen-bond donors (Lipinski definition) is 1. The van der Waals surface area contributed by atoms with Gasteiger partial charge in [-0.25, -0.2) is 0 Å². The highest BCUT2D eigenvalue weighted by molar-refractivity contribution is 4.89. The lowest BCUT2D eigenvalue weighted by Crippen LogP contribution is -2.43. The van der Waals surface area contributed by atoms with Gasteiger partial charge < -0.3 is 5.11 Å². The van der Waals surface area contributed by atoms with Gasteiger partial charge in [0.2, 0.25) is 0 Å². The van der Waals surface area contributed by atoms with Crippen LogP contribution in [0.25, 0.3) is 0 Å². The molecule has 15 heavy (non-hydrogen) atoms. The summed E-state index contributed by atoms with van der Waals surface area (Å²) in [6.45, 7) is 8.71. The fourth-order valence-electron chi connectivity index (χ4n) is 3.01. The van der Waals surface area contributed by atoms with Crippen LogP contribution in [0.4, 0.5) is 0 Å². The van der Waals surface area contributed by atoms with Gasteiger partial charge in [-0.05, 0) is 37.5 Å². The van der Waals surface area contributed by atoms with Gasteiger partial charge in [-0.1, -0.05) is 46.5 Å². The summed E-state index contributed by atoms with van der Waals surface area (Å²) < 4.78 is 0. The molecular weight excluding hydrogens is 184 g/mol. The van der Waals surface area contributed by atoms with E-state index in [9.17, 15) is 5.11 Å². The van der Waals surface area contributed by atoms with Crippen LogP contribution in [-0.2, 0) is 0 Å². The molecule has 0 saturated heterocycles. The lowest BCUT2D eigenvalue weighted by molar-refractivity contribution is -0.0683. The zero-order chi connectivity index (χ0) is 11.5. The lowest BCUT2D eigenvalue weighted by atomic mass is 9.68. The van der Waals surface area contributed by atoms with Gasteiger partial charge in [-0.15, -0.1) is 0 Å². The summed E-state index contributed by atoms with van der Waals surface area (Å²) in [5, 5.41) is 10.6. The second-order valence-corrected chi connectivity index (χ2v) is 5.67. The number of aliphatic hydroxyl groups is 1. The largest absolute Gasteiger partial charge is 0.390 e. The number of hydrogen-bond acceptors (Lipinski definition) is 1. The smallest absolute Gasteiger partial charge is 0.0673 e. The van der Waals surface area contributed by atoms with Crippen molar-refractivity contribution in [3.63, 3.8) is 0 Å². The Morgan fingerprint density at radius 1 is 1.33 bits per heavy atom. The molecular formula is C14H28O. The molecule has 0 aromatic rings. The van der Waals surface area contributed by atoms with Crippen molar-refractivity contribution in [2.75, 3.05) is 0 Å². The van der Waals surface area contributed by atoms with Crippen molar-refractivity contribution in [2.24, 2.45) is 17.8 Å². The highest BCUT2D eigenvalue weighted by Gasteiger charge is 2.38. The van der Waals surface area contributed by atoms with Crippen molar-refractivity contribution in [1.29, 1.82) is 0 Å². The van der Waals surface area contributed by atoms with Gasteiger partial charge in [-0.3, -0.25) is 0 Å². The first-order valence-electron chi connectivity index (χ1n) is 6.74. The Morgan fingerprint density at radius 2 is 2.00 bits per heavy atom. The molecule has 1 heteroatoms. The molecule has 1 rings (SSSR count). The molecule has 0 radical (unpaired) electrons. The SMILES string of the molecule is CCC1CCCC(C(C)(O)C(C)CC)C1. The maximum absolute atomic E-state index is 10.6. The second-order valence-electron chi connectivity index (χ2n) is 5.67. The number of rotatable bonds is 4. The Bertz CT molecular complexity index is 186. The molecule has 0 aromatic carbocycles. The first-order valence-corrected chi connectivity index (χ1v) is 6.74. The first-order chi connectivity index (χ1) is 7.02. The summed E-state index contributed by atoms with van der Waals surface area (Å²) in [6.07, 6.45) is 7.54. The highest BCUT2D eigenvalue weighted by Crippen LogP contribution is 2.40. The Kier molecular flexibility index (Phi) is 4.64. The van der Waals surface area contributed by atoms with Crippen molar-refractivity contribution in [2.45, 2.75) is 71.8 Å². The van der Waals surface area contributed by atoms with Crippen LogP contribution >= 0.6 is 0 Å². The van der Waals surface area contributed by atoms with E-state index >= 15 is 0 Å². The van der Waals surface area contributed by atoms with E-state index in [1.165, 1.54) is 32.1 Å². The molecule has 0 bridgehead atoms. The van der Waals surface area contributed by atoms with Crippen LogP contribution < -0.4 is 0 Å². The molecule has 1 saturated carbocycles. The van der Waals surface area contributed by atoms with Crippen molar-refractivity contribution < 1.29 is 5.11 Å². The minimum Gasteiger partial charge on any atom is -0.390 e. The van der Waals surface area contributed by atoms with Crippen LogP contribution in [-0.4, -0.2) is 10.7 Å². The van der Waals surface area contributed by atoms with E-state index in [0.29, 0.717) is 11.8 Å². The van der Waals surface area contributed by atoms with Gasteiger partial charge in [0.1, 0.15) is 0 Å². The third-order valence-electron chi connectivity index (χ3n) is 4.80. The Hall–Kier alpha value is -0.0400. The monoisotopic (exact) mass is 212 g/mol. The van der Waals surface area contributed by atoms with Crippen LogP contribution in [0.2, 0.25) is 0 Å². The maximum atomic E-state index is 10.6. The molecule has 0 aromatic heterocycles. The van der Waals surface area contributed by atoms with E-state index in [1.807, 2.05) is 0 Å². The van der Waals surface area contributed by atoms with Gasteiger partial charge in [0, 0.05) is 0 Å². The van der Waals surface area contributed by atoms with E-state index in [-0.39, 0.29) is 0 Å². The van der Waals surface area contributed by atoms with Crippen LogP contribution in [0.1, 0.15) is 66.2 Å². The normalized spacial score (nSPS) is 33.4. The molecule has 0 heterocycles. The van der Waals surface area contributed by atoms with E-state index in [4.69, 9.17) is 0 Å². The van der Waals surface area contributed by atoms with Crippen LogP contribution in [0.15, 0.2) is 0 Å². The van der Waals surface area contributed by atoms with Crippen LogP contribution in [0, 0.1) is 17.8 Å². The van der Waals surface area contributed by atoms with Gasteiger partial charge in [0.05, 0.1) is 5.60 Å². The van der Waals surface area contributed by atoms with Crippen molar-refractivity contribution in [1.82, 2.24) is 0 Å². The van der Waals surface area contributed by atoms with Crippen LogP contribution in [0.5, 0.6) is 0 Å². The van der Waals surface area contributed by atoms with Crippen molar-refractivity contribution in [3.05, 3.63) is 0 Å². The quantitative estimate of drug-likeness (QED) is 0.747. The van der Waals surface area contributed by atoms with Crippen molar-refractivity contribution in [3.8, 4) is 0 Å². The van der Waals surface area contributed by atoms with Gasteiger partial charge in [-0.2, -0.15) is 0 Å².